The van der Waals surface area contributed by atoms with Crippen LogP contribution in [0.5, 0.6) is 0 Å². The van der Waals surface area contributed by atoms with Gasteiger partial charge in [-0.05, 0) is 5.92 Å². The van der Waals surface area contributed by atoms with Gasteiger partial charge in [0.25, 0.3) is 0 Å². The van der Waals surface area contributed by atoms with Gasteiger partial charge < -0.3 is 4.74 Å². The average Bonchev–Trinajstić information content (AvgIpc) is 2.85. The first-order valence-electron chi connectivity index (χ1n) is 4.92. The quantitative estimate of drug-likeness (QED) is 0.766. The van der Waals surface area contributed by atoms with Crippen molar-refractivity contribution in [3.8, 4) is 0 Å². The second kappa shape index (κ2) is 5.07. The molecule has 5 nitrogen and oxygen atoms in total. The summed E-state index contributed by atoms with van der Waals surface area (Å²) in [5.41, 5.74) is 0. The first-order valence-corrected chi connectivity index (χ1v) is 6.27. The molecule has 0 aliphatic carbocycles. The summed E-state index contributed by atoms with van der Waals surface area (Å²) in [5.74, 6) is 0.807. The third kappa shape index (κ3) is 2.34. The summed E-state index contributed by atoms with van der Waals surface area (Å²) in [5, 5.41) is 9.36. The van der Waals surface area contributed by atoms with Gasteiger partial charge in [0.05, 0.1) is 0 Å². The van der Waals surface area contributed by atoms with Crippen molar-refractivity contribution in [2.45, 2.75) is 13.0 Å². The number of nitrogens with zero attached hydrogens (tertiary/aromatic N) is 3. The second-order valence-corrected chi connectivity index (χ2v) is 4.99. The third-order valence-electron chi connectivity index (χ3n) is 2.38. The van der Waals surface area contributed by atoms with Crippen molar-refractivity contribution >= 4 is 34.0 Å². The topological polar surface area (TPSA) is 55.3 Å². The van der Waals surface area contributed by atoms with Gasteiger partial charge in [0, 0.05) is 26.0 Å². The minimum atomic E-state index is 0.0748. The maximum absolute atomic E-state index is 11.7. The molecule has 1 fully saturated rings. The standard InChI is InChI=1S/C9H12ClN3O2S/c1-15-5-7-11-12-9(16-7)13-4-6(3-10)2-8(13)14/h6H,2-5H2,1H3. The van der Waals surface area contributed by atoms with Gasteiger partial charge in [-0.15, -0.1) is 21.8 Å². The Morgan fingerprint density at radius 2 is 2.44 bits per heavy atom. The molecule has 1 saturated heterocycles. The van der Waals surface area contributed by atoms with Crippen LogP contribution in [0.3, 0.4) is 0 Å². The third-order valence-corrected chi connectivity index (χ3v) is 3.73. The largest absolute Gasteiger partial charge is 0.377 e. The summed E-state index contributed by atoms with van der Waals surface area (Å²) in [6.45, 7) is 1.07. The highest BCUT2D eigenvalue weighted by Crippen LogP contribution is 2.28. The zero-order valence-electron chi connectivity index (χ0n) is 8.85. The van der Waals surface area contributed by atoms with Gasteiger partial charge >= 0.3 is 0 Å². The maximum Gasteiger partial charge on any atom is 0.229 e. The van der Waals surface area contributed by atoms with Crippen molar-refractivity contribution in [3.05, 3.63) is 5.01 Å². The smallest absolute Gasteiger partial charge is 0.229 e. The van der Waals surface area contributed by atoms with E-state index in [9.17, 15) is 4.79 Å². The van der Waals surface area contributed by atoms with Gasteiger partial charge in [-0.1, -0.05) is 11.3 Å². The number of ether oxygens (including phenoxy) is 1. The van der Waals surface area contributed by atoms with Gasteiger partial charge in [-0.2, -0.15) is 0 Å². The van der Waals surface area contributed by atoms with E-state index in [1.807, 2.05) is 0 Å². The number of carbonyl (C=O) groups is 1. The number of halogens is 1. The first-order chi connectivity index (χ1) is 7.74. The van der Waals surface area contributed by atoms with Crippen molar-refractivity contribution < 1.29 is 9.53 Å². The SMILES string of the molecule is COCc1nnc(N2CC(CCl)CC2=O)s1. The van der Waals surface area contributed by atoms with Crippen LogP contribution in [0.4, 0.5) is 5.13 Å². The number of hydrogen-bond donors (Lipinski definition) is 0. The molecule has 1 aliphatic heterocycles. The molecule has 0 bridgehead atoms. The molecule has 0 N–H and O–H groups in total. The molecule has 88 valence electrons. The maximum atomic E-state index is 11.7. The van der Waals surface area contributed by atoms with E-state index in [0.717, 1.165) is 5.01 Å². The summed E-state index contributed by atoms with van der Waals surface area (Å²) < 4.78 is 4.96. The lowest BCUT2D eigenvalue weighted by molar-refractivity contribution is -0.117. The fourth-order valence-electron chi connectivity index (χ4n) is 1.61. The van der Waals surface area contributed by atoms with Crippen LogP contribution in [-0.4, -0.2) is 35.6 Å². The summed E-state index contributed by atoms with van der Waals surface area (Å²) in [4.78, 5) is 13.3. The zero-order chi connectivity index (χ0) is 11.5. The molecule has 0 spiro atoms. The van der Waals surface area contributed by atoms with Crippen LogP contribution < -0.4 is 4.90 Å². The number of anilines is 1. The minimum Gasteiger partial charge on any atom is -0.377 e. The van der Waals surface area contributed by atoms with Crippen LogP contribution in [0.2, 0.25) is 0 Å². The highest BCUT2D eigenvalue weighted by molar-refractivity contribution is 7.15. The lowest BCUT2D eigenvalue weighted by Gasteiger charge is -2.10. The van der Waals surface area contributed by atoms with Crippen molar-refractivity contribution in [1.82, 2.24) is 10.2 Å². The van der Waals surface area contributed by atoms with Crippen molar-refractivity contribution in [2.75, 3.05) is 24.4 Å². The van der Waals surface area contributed by atoms with Crippen LogP contribution in [-0.2, 0) is 16.1 Å². The molecule has 1 unspecified atom stereocenters. The van der Waals surface area contributed by atoms with Gasteiger partial charge in [0.1, 0.15) is 11.6 Å². The molecule has 1 aromatic heterocycles. The minimum absolute atomic E-state index is 0.0748. The molecule has 1 aromatic rings. The van der Waals surface area contributed by atoms with E-state index in [-0.39, 0.29) is 11.8 Å². The number of rotatable bonds is 4. The van der Waals surface area contributed by atoms with E-state index in [4.69, 9.17) is 16.3 Å². The first kappa shape index (κ1) is 11.8. The molecule has 2 rings (SSSR count). The predicted octanol–water partition coefficient (Wildman–Crippen LogP) is 1.28. The molecule has 0 aromatic carbocycles. The van der Waals surface area contributed by atoms with Gasteiger partial charge in [-0.3, -0.25) is 9.69 Å². The summed E-state index contributed by atoms with van der Waals surface area (Å²) >= 11 is 7.14. The van der Waals surface area contributed by atoms with E-state index >= 15 is 0 Å². The van der Waals surface area contributed by atoms with Crippen molar-refractivity contribution in [2.24, 2.45) is 5.92 Å². The molecular weight excluding hydrogens is 250 g/mol. The molecule has 0 saturated carbocycles. The molecular formula is C9H12ClN3O2S. The Morgan fingerprint density at radius 1 is 1.62 bits per heavy atom. The van der Waals surface area contributed by atoms with E-state index in [2.05, 4.69) is 10.2 Å². The fourth-order valence-corrected chi connectivity index (χ4v) is 2.65. The number of carbonyl (C=O) groups excluding carboxylic acids is 1. The Labute approximate surface area is 102 Å². The van der Waals surface area contributed by atoms with E-state index in [1.165, 1.54) is 11.3 Å². The zero-order valence-corrected chi connectivity index (χ0v) is 10.4. The van der Waals surface area contributed by atoms with Gasteiger partial charge in [0.15, 0.2) is 0 Å². The van der Waals surface area contributed by atoms with E-state index in [0.29, 0.717) is 30.6 Å². The molecule has 2 heterocycles. The van der Waals surface area contributed by atoms with E-state index in [1.54, 1.807) is 12.0 Å². The lowest BCUT2D eigenvalue weighted by atomic mass is 10.2. The number of methoxy groups -OCH3 is 1. The van der Waals surface area contributed by atoms with E-state index < -0.39 is 0 Å². The molecule has 1 atom stereocenters. The Morgan fingerprint density at radius 3 is 3.06 bits per heavy atom. The number of amides is 1. The molecule has 1 aliphatic rings. The number of hydrogen-bond acceptors (Lipinski definition) is 5. The van der Waals surface area contributed by atoms with Crippen LogP contribution >= 0.6 is 22.9 Å². The Kier molecular flexibility index (Phi) is 3.73. The summed E-state index contributed by atoms with van der Waals surface area (Å²) in [7, 11) is 1.60. The Balaban J connectivity index is 2.09. The highest BCUT2D eigenvalue weighted by atomic mass is 35.5. The lowest BCUT2D eigenvalue weighted by Crippen LogP contribution is -2.24. The normalized spacial score (nSPS) is 20.8. The fraction of sp³-hybridized carbons (Fsp3) is 0.667. The Bertz CT molecular complexity index is 385. The summed E-state index contributed by atoms with van der Waals surface area (Å²) in [6.07, 6.45) is 0.503. The molecule has 1 amide bonds. The van der Waals surface area contributed by atoms with Crippen LogP contribution in [0.1, 0.15) is 11.4 Å². The monoisotopic (exact) mass is 261 g/mol. The molecule has 16 heavy (non-hydrogen) atoms. The van der Waals surface area contributed by atoms with Crippen molar-refractivity contribution in [1.29, 1.82) is 0 Å². The van der Waals surface area contributed by atoms with Gasteiger partial charge in [0.2, 0.25) is 11.0 Å². The van der Waals surface area contributed by atoms with Crippen LogP contribution in [0, 0.1) is 5.92 Å². The van der Waals surface area contributed by atoms with Crippen LogP contribution in [0.25, 0.3) is 0 Å². The molecule has 0 radical (unpaired) electrons. The average molecular weight is 262 g/mol. The van der Waals surface area contributed by atoms with Crippen LogP contribution in [0.15, 0.2) is 0 Å². The number of alkyl halides is 1. The molecule has 7 heteroatoms. The van der Waals surface area contributed by atoms with Gasteiger partial charge in [-0.25, -0.2) is 0 Å². The Hall–Kier alpha value is -0.720. The summed E-state index contributed by atoms with van der Waals surface area (Å²) in [6, 6.07) is 0. The predicted molar refractivity (Wildman–Crippen MR) is 61.8 cm³/mol. The number of aromatic nitrogens is 2. The second-order valence-electron chi connectivity index (χ2n) is 3.64. The van der Waals surface area contributed by atoms with Crippen molar-refractivity contribution in [3.63, 3.8) is 0 Å². The highest BCUT2D eigenvalue weighted by Gasteiger charge is 2.32.